The van der Waals surface area contributed by atoms with Crippen LogP contribution in [0.15, 0.2) is 0 Å². The smallest absolute Gasteiger partial charge is 0.221 e. The van der Waals surface area contributed by atoms with E-state index in [1.54, 1.807) is 0 Å². The highest BCUT2D eigenvalue weighted by molar-refractivity contribution is 5.76. The van der Waals surface area contributed by atoms with Gasteiger partial charge in [0.1, 0.15) is 0 Å². The predicted octanol–water partition coefficient (Wildman–Crippen LogP) is 0.977. The Morgan fingerprint density at radius 3 is 2.72 bits per heavy atom. The summed E-state index contributed by atoms with van der Waals surface area (Å²) >= 11 is 0. The van der Waals surface area contributed by atoms with Crippen LogP contribution < -0.4 is 10.6 Å². The summed E-state index contributed by atoms with van der Waals surface area (Å²) in [6.07, 6.45) is 5.69. The first-order chi connectivity index (χ1) is 8.74. The van der Waals surface area contributed by atoms with Crippen molar-refractivity contribution < 1.29 is 4.79 Å². The van der Waals surface area contributed by atoms with Crippen LogP contribution in [0.4, 0.5) is 0 Å². The number of rotatable bonds is 8. The van der Waals surface area contributed by atoms with Crippen LogP contribution >= 0.6 is 0 Å². The van der Waals surface area contributed by atoms with Gasteiger partial charge < -0.3 is 15.5 Å². The molecule has 1 saturated heterocycles. The van der Waals surface area contributed by atoms with Crippen LogP contribution in [0.25, 0.3) is 0 Å². The number of carbonyl (C=O) groups excluding carboxylic acids is 1. The number of carbonyl (C=O) groups is 1. The van der Waals surface area contributed by atoms with E-state index in [1.165, 1.54) is 45.3 Å². The number of nitrogens with zero attached hydrogens (tertiary/aromatic N) is 1. The van der Waals surface area contributed by atoms with Crippen molar-refractivity contribution in [3.8, 4) is 0 Å². The van der Waals surface area contributed by atoms with Gasteiger partial charge in [0, 0.05) is 25.6 Å². The van der Waals surface area contributed by atoms with E-state index in [2.05, 4.69) is 22.5 Å². The Hall–Kier alpha value is -0.610. The van der Waals surface area contributed by atoms with Crippen molar-refractivity contribution in [2.75, 3.05) is 32.7 Å². The van der Waals surface area contributed by atoms with E-state index in [1.807, 2.05) is 0 Å². The van der Waals surface area contributed by atoms with Gasteiger partial charge in [-0.2, -0.15) is 0 Å². The van der Waals surface area contributed by atoms with Crippen LogP contribution in [0.2, 0.25) is 0 Å². The highest BCUT2D eigenvalue weighted by atomic mass is 16.1. The van der Waals surface area contributed by atoms with Gasteiger partial charge >= 0.3 is 0 Å². The molecule has 2 aliphatic rings. The van der Waals surface area contributed by atoms with Crippen molar-refractivity contribution in [2.45, 2.75) is 45.1 Å². The Kier molecular flexibility index (Phi) is 5.45. The highest BCUT2D eigenvalue weighted by Crippen LogP contribution is 2.18. The van der Waals surface area contributed by atoms with Gasteiger partial charge in [0.25, 0.3) is 0 Å². The molecule has 0 radical (unpaired) electrons. The van der Waals surface area contributed by atoms with Crippen LogP contribution in [0.1, 0.15) is 39.0 Å². The maximum absolute atomic E-state index is 11.5. The van der Waals surface area contributed by atoms with Gasteiger partial charge in [0.05, 0.1) is 0 Å². The van der Waals surface area contributed by atoms with Crippen molar-refractivity contribution in [2.24, 2.45) is 5.92 Å². The maximum Gasteiger partial charge on any atom is 0.221 e. The van der Waals surface area contributed by atoms with E-state index < -0.39 is 0 Å². The molecule has 104 valence electrons. The number of nitrogens with one attached hydrogen (secondary N) is 2. The lowest BCUT2D eigenvalue weighted by molar-refractivity contribution is -0.121. The quantitative estimate of drug-likeness (QED) is 0.634. The molecule has 1 aliphatic heterocycles. The van der Waals surface area contributed by atoms with E-state index in [0.29, 0.717) is 18.4 Å². The Morgan fingerprint density at radius 1 is 1.33 bits per heavy atom. The summed E-state index contributed by atoms with van der Waals surface area (Å²) in [4.78, 5) is 14.0. The largest absolute Gasteiger partial charge is 0.353 e. The molecule has 1 heterocycles. The first-order valence-corrected chi connectivity index (χ1v) is 7.46. The number of likely N-dealkylation sites (tertiary alicyclic amines) is 1. The lowest BCUT2D eigenvalue weighted by atomic mass is 10.1. The van der Waals surface area contributed by atoms with Gasteiger partial charge in [0.2, 0.25) is 5.91 Å². The van der Waals surface area contributed by atoms with Crippen LogP contribution in [0.3, 0.4) is 0 Å². The van der Waals surface area contributed by atoms with Crippen molar-refractivity contribution in [1.29, 1.82) is 0 Å². The molecule has 1 aliphatic carbocycles. The molecule has 2 N–H and O–H groups in total. The van der Waals surface area contributed by atoms with Crippen LogP contribution in [0.5, 0.6) is 0 Å². The number of hydrogen-bond donors (Lipinski definition) is 2. The maximum atomic E-state index is 11.5. The van der Waals surface area contributed by atoms with Gasteiger partial charge in [-0.3, -0.25) is 4.79 Å². The van der Waals surface area contributed by atoms with E-state index in [-0.39, 0.29) is 5.91 Å². The number of amides is 1. The zero-order valence-electron chi connectivity index (χ0n) is 11.6. The van der Waals surface area contributed by atoms with E-state index in [4.69, 9.17) is 0 Å². The van der Waals surface area contributed by atoms with Gasteiger partial charge in [0.15, 0.2) is 0 Å². The SMILES string of the molecule is CC(CNCCC(=O)NC1CC1)CN1CCCC1. The molecule has 1 unspecified atom stereocenters. The third-order valence-electron chi connectivity index (χ3n) is 3.73. The molecule has 0 bridgehead atoms. The molecule has 1 amide bonds. The summed E-state index contributed by atoms with van der Waals surface area (Å²) in [5.74, 6) is 0.881. The summed E-state index contributed by atoms with van der Waals surface area (Å²) in [6.45, 7) is 7.86. The third kappa shape index (κ3) is 5.36. The average Bonchev–Trinajstić information content (AvgIpc) is 2.99. The molecule has 4 heteroatoms. The second kappa shape index (κ2) is 7.10. The lowest BCUT2D eigenvalue weighted by Gasteiger charge is -2.20. The third-order valence-corrected chi connectivity index (χ3v) is 3.73. The van der Waals surface area contributed by atoms with E-state index in [0.717, 1.165) is 13.1 Å². The second-order valence-corrected chi connectivity index (χ2v) is 5.91. The molecule has 18 heavy (non-hydrogen) atoms. The zero-order chi connectivity index (χ0) is 12.8. The van der Waals surface area contributed by atoms with Gasteiger partial charge in [-0.15, -0.1) is 0 Å². The van der Waals surface area contributed by atoms with E-state index in [9.17, 15) is 4.79 Å². The minimum absolute atomic E-state index is 0.206. The summed E-state index contributed by atoms with van der Waals surface area (Å²) < 4.78 is 0. The second-order valence-electron chi connectivity index (χ2n) is 5.91. The molecule has 2 fully saturated rings. The molecule has 0 spiro atoms. The molecule has 4 nitrogen and oxygen atoms in total. The zero-order valence-corrected chi connectivity index (χ0v) is 11.6. The first kappa shape index (κ1) is 13.8. The first-order valence-electron chi connectivity index (χ1n) is 7.46. The fourth-order valence-electron chi connectivity index (χ4n) is 2.55. The van der Waals surface area contributed by atoms with Gasteiger partial charge in [-0.25, -0.2) is 0 Å². The Morgan fingerprint density at radius 2 is 2.06 bits per heavy atom. The minimum Gasteiger partial charge on any atom is -0.353 e. The summed E-state index contributed by atoms with van der Waals surface area (Å²) in [5, 5.41) is 6.41. The van der Waals surface area contributed by atoms with Crippen molar-refractivity contribution in [3.05, 3.63) is 0 Å². The minimum atomic E-state index is 0.206. The molecule has 1 saturated carbocycles. The van der Waals surface area contributed by atoms with Crippen molar-refractivity contribution in [3.63, 3.8) is 0 Å². The monoisotopic (exact) mass is 253 g/mol. The normalized spacial score (nSPS) is 22.1. The standard InChI is InChI=1S/C14H27N3O/c1-12(11-17-8-2-3-9-17)10-15-7-6-14(18)16-13-4-5-13/h12-13,15H,2-11H2,1H3,(H,16,18). The fraction of sp³-hybridized carbons (Fsp3) is 0.929. The van der Waals surface area contributed by atoms with Crippen molar-refractivity contribution in [1.82, 2.24) is 15.5 Å². The average molecular weight is 253 g/mol. The molecular formula is C14H27N3O. The summed E-state index contributed by atoms with van der Waals surface area (Å²) in [7, 11) is 0. The van der Waals surface area contributed by atoms with Crippen LogP contribution in [-0.4, -0.2) is 49.6 Å². The molecular weight excluding hydrogens is 226 g/mol. The van der Waals surface area contributed by atoms with E-state index >= 15 is 0 Å². The van der Waals surface area contributed by atoms with Gasteiger partial charge in [-0.1, -0.05) is 6.92 Å². The van der Waals surface area contributed by atoms with Gasteiger partial charge in [-0.05, 0) is 51.2 Å². The molecule has 1 atom stereocenters. The van der Waals surface area contributed by atoms with Crippen LogP contribution in [-0.2, 0) is 4.79 Å². The molecule has 2 rings (SSSR count). The number of hydrogen-bond acceptors (Lipinski definition) is 3. The Bertz CT molecular complexity index is 260. The van der Waals surface area contributed by atoms with Crippen LogP contribution in [0, 0.1) is 5.92 Å². The molecule has 0 aromatic heterocycles. The summed E-state index contributed by atoms with van der Waals surface area (Å²) in [6, 6.07) is 0.492. The highest BCUT2D eigenvalue weighted by Gasteiger charge is 2.22. The fourth-order valence-corrected chi connectivity index (χ4v) is 2.55. The summed E-state index contributed by atoms with van der Waals surface area (Å²) in [5.41, 5.74) is 0. The molecule has 0 aromatic rings. The Balaban J connectivity index is 1.45. The molecule has 0 aromatic carbocycles. The Labute approximate surface area is 110 Å². The topological polar surface area (TPSA) is 44.4 Å². The lowest BCUT2D eigenvalue weighted by Crippen LogP contribution is -2.34. The predicted molar refractivity (Wildman–Crippen MR) is 73.5 cm³/mol. The van der Waals surface area contributed by atoms with Crippen molar-refractivity contribution >= 4 is 5.91 Å².